The van der Waals surface area contributed by atoms with Gasteiger partial charge in [0, 0.05) is 33.7 Å². The molecule has 0 aliphatic heterocycles. The molecular formula is C14H19BrN4S2. The molecule has 0 spiro atoms. The molecule has 1 N–H and O–H groups in total. The number of thiophene rings is 1. The zero-order chi connectivity index (χ0) is 15.2. The van der Waals surface area contributed by atoms with Crippen LogP contribution in [0, 0.1) is 6.92 Å². The molecule has 0 fully saturated rings. The Morgan fingerprint density at radius 3 is 2.81 bits per heavy atom. The maximum Gasteiger partial charge on any atom is 0.194 e. The summed E-state index contributed by atoms with van der Waals surface area (Å²) in [6, 6.07) is 2.11. The van der Waals surface area contributed by atoms with Crippen LogP contribution in [0.4, 0.5) is 0 Å². The third-order valence-corrected chi connectivity index (χ3v) is 5.27. The van der Waals surface area contributed by atoms with Crippen LogP contribution in [0.25, 0.3) is 0 Å². The Bertz CT molecular complexity index is 606. The first-order chi connectivity index (χ1) is 10.1. The van der Waals surface area contributed by atoms with Crippen molar-refractivity contribution < 1.29 is 0 Å². The Kier molecular flexibility index (Phi) is 6.20. The standard InChI is InChI=1S/C14H19BrN4S2/c1-4-16-14(17-6-13-5-11(15)8-21-13)19(3)7-12-9-20-10(2)18-12/h5,8-9H,4,6-7H2,1-3H3,(H,16,17). The molecule has 0 unspecified atom stereocenters. The van der Waals surface area contributed by atoms with E-state index in [-0.39, 0.29) is 0 Å². The van der Waals surface area contributed by atoms with Gasteiger partial charge in [0.25, 0.3) is 0 Å². The van der Waals surface area contributed by atoms with Gasteiger partial charge in [-0.1, -0.05) is 0 Å². The molecule has 21 heavy (non-hydrogen) atoms. The molecule has 0 aromatic carbocycles. The van der Waals surface area contributed by atoms with E-state index >= 15 is 0 Å². The average Bonchev–Trinajstić information content (AvgIpc) is 3.03. The molecule has 0 atom stereocenters. The smallest absolute Gasteiger partial charge is 0.194 e. The Morgan fingerprint density at radius 1 is 1.43 bits per heavy atom. The molecule has 2 rings (SSSR count). The Balaban J connectivity index is 2.02. The van der Waals surface area contributed by atoms with Crippen molar-refractivity contribution in [3.8, 4) is 0 Å². The fourth-order valence-corrected chi connectivity index (χ4v) is 3.84. The molecule has 0 aliphatic rings. The minimum Gasteiger partial charge on any atom is -0.357 e. The second-order valence-electron chi connectivity index (χ2n) is 4.62. The number of halogens is 1. The van der Waals surface area contributed by atoms with Gasteiger partial charge in [0.15, 0.2) is 5.96 Å². The topological polar surface area (TPSA) is 40.5 Å². The van der Waals surface area contributed by atoms with Crippen molar-refractivity contribution in [2.45, 2.75) is 26.9 Å². The average molecular weight is 387 g/mol. The highest BCUT2D eigenvalue weighted by molar-refractivity contribution is 9.10. The molecule has 0 amide bonds. The van der Waals surface area contributed by atoms with Gasteiger partial charge in [0.2, 0.25) is 0 Å². The summed E-state index contributed by atoms with van der Waals surface area (Å²) in [4.78, 5) is 12.6. The van der Waals surface area contributed by atoms with Gasteiger partial charge in [0.1, 0.15) is 0 Å². The summed E-state index contributed by atoms with van der Waals surface area (Å²) in [6.07, 6.45) is 0. The Morgan fingerprint density at radius 2 is 2.24 bits per heavy atom. The van der Waals surface area contributed by atoms with E-state index in [2.05, 4.69) is 54.9 Å². The molecule has 2 aromatic rings. The van der Waals surface area contributed by atoms with Gasteiger partial charge in [-0.3, -0.25) is 0 Å². The van der Waals surface area contributed by atoms with Crippen molar-refractivity contribution in [1.82, 2.24) is 15.2 Å². The molecule has 2 aromatic heterocycles. The van der Waals surface area contributed by atoms with Crippen LogP contribution in [0.1, 0.15) is 22.5 Å². The molecule has 0 aliphatic carbocycles. The summed E-state index contributed by atoms with van der Waals surface area (Å²) in [5, 5.41) is 8.62. The lowest BCUT2D eigenvalue weighted by atomic mass is 10.4. The second-order valence-corrected chi connectivity index (χ2v) is 7.59. The number of nitrogens with zero attached hydrogens (tertiary/aromatic N) is 3. The maximum atomic E-state index is 4.70. The second kappa shape index (κ2) is 7.91. The third kappa shape index (κ3) is 5.09. The van der Waals surface area contributed by atoms with E-state index in [1.165, 1.54) is 4.88 Å². The molecule has 2 heterocycles. The van der Waals surface area contributed by atoms with Crippen LogP contribution >= 0.6 is 38.6 Å². The largest absolute Gasteiger partial charge is 0.357 e. The van der Waals surface area contributed by atoms with E-state index in [4.69, 9.17) is 4.99 Å². The Labute approximate surface area is 142 Å². The van der Waals surface area contributed by atoms with Crippen molar-refractivity contribution in [3.05, 3.63) is 36.9 Å². The molecular weight excluding hydrogens is 368 g/mol. The highest BCUT2D eigenvalue weighted by atomic mass is 79.9. The minimum atomic E-state index is 0.693. The number of guanidine groups is 1. The summed E-state index contributed by atoms with van der Waals surface area (Å²) >= 11 is 6.87. The number of aryl methyl sites for hydroxylation is 1. The number of hydrogen-bond donors (Lipinski definition) is 1. The van der Waals surface area contributed by atoms with Gasteiger partial charge < -0.3 is 10.2 Å². The molecule has 7 heteroatoms. The SMILES string of the molecule is CCNC(=NCc1cc(Br)cs1)N(C)Cc1csc(C)n1. The third-order valence-electron chi connectivity index (χ3n) is 2.77. The van der Waals surface area contributed by atoms with E-state index in [9.17, 15) is 0 Å². The first-order valence-corrected chi connectivity index (χ1v) is 9.27. The van der Waals surface area contributed by atoms with Gasteiger partial charge in [-0.05, 0) is 35.8 Å². The van der Waals surface area contributed by atoms with Crippen LogP contribution < -0.4 is 5.32 Å². The molecule has 4 nitrogen and oxygen atoms in total. The zero-order valence-electron chi connectivity index (χ0n) is 12.4. The van der Waals surface area contributed by atoms with Crippen molar-refractivity contribution in [3.63, 3.8) is 0 Å². The van der Waals surface area contributed by atoms with Gasteiger partial charge in [-0.2, -0.15) is 0 Å². The highest BCUT2D eigenvalue weighted by Gasteiger charge is 2.08. The number of aromatic nitrogens is 1. The van der Waals surface area contributed by atoms with Crippen molar-refractivity contribution >= 4 is 44.6 Å². The molecule has 114 valence electrons. The predicted molar refractivity (Wildman–Crippen MR) is 95.2 cm³/mol. The normalized spacial score (nSPS) is 11.7. The molecule has 0 saturated carbocycles. The fraction of sp³-hybridized carbons (Fsp3) is 0.429. The lowest BCUT2D eigenvalue weighted by molar-refractivity contribution is 0.471. The first kappa shape index (κ1) is 16.5. The predicted octanol–water partition coefficient (Wildman–Crippen LogP) is 3.87. The van der Waals surface area contributed by atoms with E-state index in [0.717, 1.165) is 34.2 Å². The van der Waals surface area contributed by atoms with Crippen molar-refractivity contribution in [1.29, 1.82) is 0 Å². The van der Waals surface area contributed by atoms with Gasteiger partial charge in [-0.25, -0.2) is 9.98 Å². The fourth-order valence-electron chi connectivity index (χ4n) is 1.86. The van der Waals surface area contributed by atoms with E-state index < -0.39 is 0 Å². The highest BCUT2D eigenvalue weighted by Crippen LogP contribution is 2.20. The number of thiazole rings is 1. The van der Waals surface area contributed by atoms with E-state index in [1.54, 1.807) is 22.7 Å². The summed E-state index contributed by atoms with van der Waals surface area (Å²) in [6.45, 7) is 6.43. The van der Waals surface area contributed by atoms with Crippen molar-refractivity contribution in [2.24, 2.45) is 4.99 Å². The van der Waals surface area contributed by atoms with Crippen LogP contribution in [0.3, 0.4) is 0 Å². The quantitative estimate of drug-likeness (QED) is 0.626. The first-order valence-electron chi connectivity index (χ1n) is 6.72. The monoisotopic (exact) mass is 386 g/mol. The lowest BCUT2D eigenvalue weighted by Gasteiger charge is -2.21. The summed E-state index contributed by atoms with van der Waals surface area (Å²) in [7, 11) is 2.04. The summed E-state index contributed by atoms with van der Waals surface area (Å²) in [5.74, 6) is 0.910. The number of aliphatic imine (C=N–C) groups is 1. The number of nitrogens with one attached hydrogen (secondary N) is 1. The summed E-state index contributed by atoms with van der Waals surface area (Å²) < 4.78 is 1.12. The van der Waals surface area contributed by atoms with Crippen LogP contribution in [0.15, 0.2) is 26.3 Å². The van der Waals surface area contributed by atoms with Gasteiger partial charge in [0.05, 0.1) is 23.8 Å². The van der Waals surface area contributed by atoms with Crippen LogP contribution in [-0.2, 0) is 13.1 Å². The number of rotatable bonds is 5. The van der Waals surface area contributed by atoms with Gasteiger partial charge in [-0.15, -0.1) is 22.7 Å². The van der Waals surface area contributed by atoms with E-state index in [1.807, 2.05) is 14.0 Å². The lowest BCUT2D eigenvalue weighted by Crippen LogP contribution is -2.38. The van der Waals surface area contributed by atoms with E-state index in [0.29, 0.717) is 6.54 Å². The molecule has 0 saturated heterocycles. The van der Waals surface area contributed by atoms with Crippen LogP contribution in [0.2, 0.25) is 0 Å². The minimum absolute atomic E-state index is 0.693. The van der Waals surface area contributed by atoms with Crippen LogP contribution in [0.5, 0.6) is 0 Å². The summed E-state index contributed by atoms with van der Waals surface area (Å²) in [5.41, 5.74) is 1.09. The van der Waals surface area contributed by atoms with Crippen molar-refractivity contribution in [2.75, 3.05) is 13.6 Å². The maximum absolute atomic E-state index is 4.70. The molecule has 0 radical (unpaired) electrons. The Hall–Kier alpha value is -0.920. The molecule has 0 bridgehead atoms. The zero-order valence-corrected chi connectivity index (χ0v) is 15.6. The van der Waals surface area contributed by atoms with Gasteiger partial charge >= 0.3 is 0 Å². The van der Waals surface area contributed by atoms with Crippen LogP contribution in [-0.4, -0.2) is 29.4 Å². The number of hydrogen-bond acceptors (Lipinski definition) is 4.